The van der Waals surface area contributed by atoms with E-state index in [-0.39, 0.29) is 0 Å². The summed E-state index contributed by atoms with van der Waals surface area (Å²) in [5.74, 6) is 0. The molecule has 254 valence electrons. The third-order valence-electron chi connectivity index (χ3n) is 9.79. The number of hydrogen-bond acceptors (Lipinski definition) is 2. The molecule has 4 nitrogen and oxygen atoms in total. The fourth-order valence-electron chi connectivity index (χ4n) is 7.27. The van der Waals surface area contributed by atoms with Gasteiger partial charge < -0.3 is 4.90 Å². The van der Waals surface area contributed by atoms with Gasteiger partial charge in [0.15, 0.2) is 0 Å². The van der Waals surface area contributed by atoms with Gasteiger partial charge in [-0.15, -0.1) is 0 Å². The van der Waals surface area contributed by atoms with E-state index in [2.05, 4.69) is 126 Å². The molecule has 9 rings (SSSR count). The topological polar surface area (TPSA) is 26.8 Å². The van der Waals surface area contributed by atoms with Crippen LogP contribution in [0.4, 0.5) is 39.8 Å². The molecule has 8 aromatic carbocycles. The summed E-state index contributed by atoms with van der Waals surface area (Å²) in [6.45, 7) is 0. The van der Waals surface area contributed by atoms with E-state index in [4.69, 9.17) is 0 Å². The quantitative estimate of drug-likeness (QED) is 0.147. The van der Waals surface area contributed by atoms with Crippen molar-refractivity contribution in [2.24, 2.45) is 0 Å². The lowest BCUT2D eigenvalue weighted by molar-refractivity contribution is 0.582. The third-order valence-corrected chi connectivity index (χ3v) is 12.7. The van der Waals surface area contributed by atoms with Crippen LogP contribution >= 0.6 is 7.44 Å². The van der Waals surface area contributed by atoms with Crippen molar-refractivity contribution >= 4 is 52.6 Å². The lowest BCUT2D eigenvalue weighted by Crippen LogP contribution is -2.26. The molecule has 8 aromatic rings. The Morgan fingerprint density at radius 1 is 0.321 bits per heavy atom. The van der Waals surface area contributed by atoms with Crippen LogP contribution in [0.2, 0.25) is 0 Å². The van der Waals surface area contributed by atoms with Gasteiger partial charge in [-0.3, -0.25) is 13.9 Å². The fourth-order valence-corrected chi connectivity index (χ4v) is 10.3. The van der Waals surface area contributed by atoms with Crippen LogP contribution in [-0.4, -0.2) is 0 Å². The second-order valence-corrected chi connectivity index (χ2v) is 15.4. The number of rotatable bonds is 8. The van der Waals surface area contributed by atoms with Gasteiger partial charge in [0.2, 0.25) is 0 Å². The molecule has 0 spiro atoms. The van der Waals surface area contributed by atoms with Crippen molar-refractivity contribution in [1.29, 1.82) is 0 Å². The minimum absolute atomic E-state index is 0.740. The monoisotopic (exact) mass is 701 g/mol. The Labute approximate surface area is 311 Å². The molecule has 1 aliphatic heterocycles. The molecule has 5 heteroatoms. The van der Waals surface area contributed by atoms with Gasteiger partial charge in [0, 0.05) is 28.4 Å². The predicted molar refractivity (Wildman–Crippen MR) is 223 cm³/mol. The summed E-state index contributed by atoms with van der Waals surface area (Å²) >= 11 is 0. The first-order chi connectivity index (χ1) is 26.2. The Bertz CT molecular complexity index is 2360. The smallest absolute Gasteiger partial charge is 0.301 e. The van der Waals surface area contributed by atoms with Gasteiger partial charge in [0.25, 0.3) is 0 Å². The number of anilines is 7. The highest BCUT2D eigenvalue weighted by Gasteiger charge is 2.48. The van der Waals surface area contributed by atoms with Crippen LogP contribution in [0.15, 0.2) is 218 Å². The van der Waals surface area contributed by atoms with E-state index in [0.29, 0.717) is 0 Å². The Balaban J connectivity index is 1.16. The van der Waals surface area contributed by atoms with Crippen LogP contribution < -0.4 is 19.5 Å². The van der Waals surface area contributed by atoms with Crippen molar-refractivity contribution in [1.82, 2.24) is 0 Å². The maximum atomic E-state index is 16.1. The van der Waals surface area contributed by atoms with Crippen molar-refractivity contribution in [3.05, 3.63) is 218 Å². The van der Waals surface area contributed by atoms with E-state index in [0.717, 1.165) is 56.2 Å². The molecule has 0 unspecified atom stereocenters. The largest absolute Gasteiger partial charge is 0.311 e. The molecule has 1 heterocycles. The Kier molecular flexibility index (Phi) is 8.44. The van der Waals surface area contributed by atoms with E-state index >= 15 is 4.57 Å². The highest BCUT2D eigenvalue weighted by atomic mass is 31.2. The zero-order valence-corrected chi connectivity index (χ0v) is 29.9. The van der Waals surface area contributed by atoms with Gasteiger partial charge in [-0.05, 0) is 107 Å². The molecule has 53 heavy (non-hydrogen) atoms. The lowest BCUT2D eigenvalue weighted by atomic mass is 10.0. The summed E-state index contributed by atoms with van der Waals surface area (Å²) in [7, 11) is -3.50. The van der Waals surface area contributed by atoms with Crippen molar-refractivity contribution in [3.8, 4) is 22.3 Å². The van der Waals surface area contributed by atoms with Gasteiger partial charge >= 0.3 is 7.44 Å². The second kappa shape index (κ2) is 13.8. The Morgan fingerprint density at radius 2 is 0.623 bits per heavy atom. The molecule has 0 radical (unpaired) electrons. The van der Waals surface area contributed by atoms with E-state index in [1.807, 2.05) is 106 Å². The summed E-state index contributed by atoms with van der Waals surface area (Å²) in [4.78, 5) is 2.26. The van der Waals surface area contributed by atoms with Crippen LogP contribution in [0.25, 0.3) is 22.3 Å². The van der Waals surface area contributed by atoms with Gasteiger partial charge in [0.05, 0.1) is 16.7 Å². The molecule has 0 bridgehead atoms. The van der Waals surface area contributed by atoms with Gasteiger partial charge in [-0.1, -0.05) is 133 Å². The lowest BCUT2D eigenvalue weighted by Gasteiger charge is -2.33. The number of hydrogen-bond donors (Lipinski definition) is 0. The maximum Gasteiger partial charge on any atom is 0.301 e. The molecule has 0 saturated heterocycles. The molecule has 0 saturated carbocycles. The van der Waals surface area contributed by atoms with E-state index < -0.39 is 7.44 Å². The molecule has 0 aromatic heterocycles. The van der Waals surface area contributed by atoms with Crippen molar-refractivity contribution in [3.63, 3.8) is 0 Å². The van der Waals surface area contributed by atoms with Crippen LogP contribution in [0, 0.1) is 0 Å². The van der Waals surface area contributed by atoms with Gasteiger partial charge in [-0.25, -0.2) is 0 Å². The number of nitrogens with zero attached hydrogens (tertiary/aromatic N) is 3. The van der Waals surface area contributed by atoms with Crippen LogP contribution in [0.5, 0.6) is 0 Å². The Morgan fingerprint density at radius 3 is 1.00 bits per heavy atom. The first-order valence-electron chi connectivity index (χ1n) is 17.8. The zero-order valence-electron chi connectivity index (χ0n) is 29.0. The third kappa shape index (κ3) is 5.90. The normalized spacial score (nSPS) is 13.1. The van der Waals surface area contributed by atoms with Crippen LogP contribution in [0.3, 0.4) is 0 Å². The van der Waals surface area contributed by atoms with Crippen LogP contribution in [0.1, 0.15) is 0 Å². The SMILES string of the molecule is O=P1(c2ccc(N(c3ccc(-c4ccccc4)cc3)c3ccc(-c4ccccc4)cc3)cc2)N(c2ccccc2)c2ccccc2N1c1ccccc1. The average molecular weight is 702 g/mol. The predicted octanol–water partition coefficient (Wildman–Crippen LogP) is 13.3. The van der Waals surface area contributed by atoms with E-state index in [9.17, 15) is 0 Å². The van der Waals surface area contributed by atoms with E-state index in [1.165, 1.54) is 11.1 Å². The fraction of sp³-hybridized carbons (Fsp3) is 0. The highest BCUT2D eigenvalue weighted by molar-refractivity contribution is 7.76. The molecule has 0 N–H and O–H groups in total. The zero-order chi connectivity index (χ0) is 35.6. The molecular formula is C48H36N3OP. The van der Waals surface area contributed by atoms with Gasteiger partial charge in [0.1, 0.15) is 0 Å². The minimum Gasteiger partial charge on any atom is -0.311 e. The van der Waals surface area contributed by atoms with Gasteiger partial charge in [-0.2, -0.15) is 0 Å². The molecule has 0 fully saturated rings. The Hall–Kier alpha value is -6.61. The second-order valence-electron chi connectivity index (χ2n) is 13.0. The number of para-hydroxylation sites is 4. The first kappa shape index (κ1) is 32.3. The maximum absolute atomic E-state index is 16.1. The number of fused-ring (bicyclic) bond motifs is 1. The summed E-state index contributed by atoms with van der Waals surface area (Å²) in [5.41, 5.74) is 11.3. The summed E-state index contributed by atoms with van der Waals surface area (Å²) in [6, 6.07) is 74.8. The summed E-state index contributed by atoms with van der Waals surface area (Å²) < 4.78 is 20.2. The summed E-state index contributed by atoms with van der Waals surface area (Å²) in [6.07, 6.45) is 0. The molecule has 0 atom stereocenters. The minimum atomic E-state index is -3.50. The molecular weight excluding hydrogens is 666 g/mol. The molecule has 1 aliphatic rings. The molecule has 0 aliphatic carbocycles. The van der Waals surface area contributed by atoms with E-state index in [1.54, 1.807) is 0 Å². The standard InChI is InChI=1S/C48H36N3OP/c52-53(50(44-19-9-3-10-20-44)47-23-13-14-24-48(47)51(53)45-21-11-4-12-22-45)46-35-33-43(34-36-46)49(41-29-25-39(26-30-41)37-15-5-1-6-16-37)42-31-27-40(28-32-42)38-17-7-2-8-18-38/h1-36H. The van der Waals surface area contributed by atoms with Crippen molar-refractivity contribution in [2.45, 2.75) is 0 Å². The van der Waals surface area contributed by atoms with Crippen molar-refractivity contribution in [2.75, 3.05) is 14.2 Å². The summed E-state index contributed by atoms with van der Waals surface area (Å²) in [5, 5.41) is 0.740. The molecule has 0 amide bonds. The van der Waals surface area contributed by atoms with Crippen molar-refractivity contribution < 1.29 is 4.57 Å². The number of benzene rings is 8. The highest BCUT2D eigenvalue weighted by Crippen LogP contribution is 2.69. The average Bonchev–Trinajstić information content (AvgIpc) is 3.51. The van der Waals surface area contributed by atoms with Crippen LogP contribution in [-0.2, 0) is 4.57 Å². The first-order valence-corrected chi connectivity index (χ1v) is 19.4.